The van der Waals surface area contributed by atoms with Crippen molar-refractivity contribution in [2.75, 3.05) is 18.1 Å². The number of rotatable bonds is 10. The normalized spacial score (nSPS) is 21.8. The van der Waals surface area contributed by atoms with Crippen molar-refractivity contribution in [3.05, 3.63) is 161 Å². The molecule has 4 aromatic carbocycles. The van der Waals surface area contributed by atoms with Crippen LogP contribution in [0.1, 0.15) is 55.0 Å². The molecule has 2 fully saturated rings. The van der Waals surface area contributed by atoms with E-state index in [1.807, 2.05) is 86.8 Å². The Kier molecular flexibility index (Phi) is 9.04. The van der Waals surface area contributed by atoms with Gasteiger partial charge in [0.25, 0.3) is 0 Å². The van der Waals surface area contributed by atoms with Crippen LogP contribution < -0.4 is 11.5 Å². The van der Waals surface area contributed by atoms with Gasteiger partial charge in [-0.2, -0.15) is 0 Å². The molecule has 1 aliphatic heterocycles. The molecule has 9 rings (SSSR count). The number of benzene rings is 4. The summed E-state index contributed by atoms with van der Waals surface area (Å²) in [5, 5.41) is 1.30. The highest BCUT2D eigenvalue weighted by molar-refractivity contribution is 6.33. The molecule has 1 saturated carbocycles. The van der Waals surface area contributed by atoms with Gasteiger partial charge in [0.2, 0.25) is 0 Å². The van der Waals surface area contributed by atoms with Gasteiger partial charge in [0.05, 0.1) is 34.7 Å². The van der Waals surface area contributed by atoms with Crippen molar-refractivity contribution in [1.29, 1.82) is 0 Å². The van der Waals surface area contributed by atoms with E-state index in [0.717, 1.165) is 33.3 Å². The van der Waals surface area contributed by atoms with Gasteiger partial charge < -0.3 is 30.2 Å². The maximum atomic E-state index is 15.7. The fraction of sp³-hybridized carbons (Fsp3) is 0.267. The molecule has 2 aliphatic rings. The number of halogens is 2. The standard InChI is InChI=1S/C45H42ClFN6O3/c1-43(2)55-38-37(53-21-19-32-40(48)50-27-51-42(32)53)25-44(39(38)56-43,20-18-28-22-35(47)33-24-34(46)41(49)52-36(33)23-28)26-54-45(29-12-6-3-7-13-29,30-14-8-4-9-15-30)31-16-10-5-11-17-31/h3-17,19,21-24,27,37-39H,18,20,25-26H2,1-2H3,(H2,49,52)(H2,48,50,51)/t37-,38+,39+,44+/m1/s1. The minimum absolute atomic E-state index is 0.156. The zero-order valence-corrected chi connectivity index (χ0v) is 31.9. The quantitative estimate of drug-likeness (QED) is 0.132. The van der Waals surface area contributed by atoms with Crippen LogP contribution in [0.3, 0.4) is 0 Å². The van der Waals surface area contributed by atoms with Crippen LogP contribution >= 0.6 is 11.6 Å². The molecule has 7 aromatic rings. The van der Waals surface area contributed by atoms with E-state index in [1.54, 1.807) is 6.07 Å². The second-order valence-electron chi connectivity index (χ2n) is 15.4. The van der Waals surface area contributed by atoms with Gasteiger partial charge in [-0.15, -0.1) is 0 Å². The maximum absolute atomic E-state index is 15.7. The SMILES string of the molecule is CC1(C)O[C@H]2[C@H](n3ccc4c(N)ncnc43)C[C@@](CCc3cc(F)c4cc(Cl)c(N)nc4c3)(COC(c3ccccc3)(c3ccccc3)c3ccccc3)[C@H]2O1. The van der Waals surface area contributed by atoms with Crippen LogP contribution in [0.2, 0.25) is 5.02 Å². The Hall–Kier alpha value is -5.39. The monoisotopic (exact) mass is 768 g/mol. The van der Waals surface area contributed by atoms with E-state index in [4.69, 9.17) is 37.3 Å². The maximum Gasteiger partial charge on any atom is 0.163 e. The fourth-order valence-electron chi connectivity index (χ4n) is 9.00. The Bertz CT molecular complexity index is 2440. The first-order chi connectivity index (χ1) is 27.1. The highest BCUT2D eigenvalue weighted by Crippen LogP contribution is 2.57. The summed E-state index contributed by atoms with van der Waals surface area (Å²) in [5.41, 5.74) is 15.7. The van der Waals surface area contributed by atoms with Gasteiger partial charge in [0, 0.05) is 17.0 Å². The summed E-state index contributed by atoms with van der Waals surface area (Å²) in [7, 11) is 0. The molecular formula is C45H42ClFN6O3. The van der Waals surface area contributed by atoms with Crippen LogP contribution in [0.25, 0.3) is 21.9 Å². The molecule has 0 amide bonds. The lowest BCUT2D eigenvalue weighted by Gasteiger charge is -2.42. The Morgan fingerprint density at radius 3 is 2.12 bits per heavy atom. The zero-order chi connectivity index (χ0) is 38.7. The Morgan fingerprint density at radius 2 is 1.48 bits per heavy atom. The van der Waals surface area contributed by atoms with Gasteiger partial charge in [0.15, 0.2) is 5.79 Å². The van der Waals surface area contributed by atoms with E-state index >= 15 is 4.39 Å². The van der Waals surface area contributed by atoms with Crippen molar-refractivity contribution < 1.29 is 18.6 Å². The smallest absolute Gasteiger partial charge is 0.163 e. The number of ether oxygens (including phenoxy) is 3. The van der Waals surface area contributed by atoms with E-state index in [-0.39, 0.29) is 29.6 Å². The molecule has 284 valence electrons. The molecule has 4 N–H and O–H groups in total. The van der Waals surface area contributed by atoms with E-state index in [0.29, 0.717) is 36.0 Å². The van der Waals surface area contributed by atoms with Gasteiger partial charge >= 0.3 is 0 Å². The lowest BCUT2D eigenvalue weighted by Crippen LogP contribution is -2.44. The van der Waals surface area contributed by atoms with E-state index in [2.05, 4.69) is 55.9 Å². The average molecular weight is 769 g/mol. The molecule has 0 bridgehead atoms. The number of nitrogens with zero attached hydrogens (tertiary/aromatic N) is 4. The number of hydrogen-bond acceptors (Lipinski definition) is 8. The van der Waals surface area contributed by atoms with Crippen molar-refractivity contribution in [2.45, 2.75) is 62.7 Å². The van der Waals surface area contributed by atoms with Gasteiger partial charge in [-0.1, -0.05) is 103 Å². The molecule has 11 heteroatoms. The summed E-state index contributed by atoms with van der Waals surface area (Å²) in [4.78, 5) is 13.3. The molecule has 4 heterocycles. The summed E-state index contributed by atoms with van der Waals surface area (Å²) >= 11 is 6.23. The highest BCUT2D eigenvalue weighted by atomic mass is 35.5. The summed E-state index contributed by atoms with van der Waals surface area (Å²) in [6.07, 6.45) is 4.40. The topological polar surface area (TPSA) is 123 Å². The average Bonchev–Trinajstić information content (AvgIpc) is 3.87. The molecule has 56 heavy (non-hydrogen) atoms. The molecule has 9 nitrogen and oxygen atoms in total. The molecular weight excluding hydrogens is 727 g/mol. The number of hydrogen-bond donors (Lipinski definition) is 2. The molecule has 3 aromatic heterocycles. The first-order valence-electron chi connectivity index (χ1n) is 18.8. The Labute approximate surface area is 329 Å². The molecule has 1 aliphatic carbocycles. The summed E-state index contributed by atoms with van der Waals surface area (Å²) in [6.45, 7) is 4.17. The largest absolute Gasteiger partial charge is 0.383 e. The number of aromatic nitrogens is 4. The van der Waals surface area contributed by atoms with Crippen molar-refractivity contribution >= 4 is 45.2 Å². The zero-order valence-electron chi connectivity index (χ0n) is 31.1. The number of aryl methyl sites for hydroxylation is 1. The summed E-state index contributed by atoms with van der Waals surface area (Å²) in [6, 6.07) is 37.7. The van der Waals surface area contributed by atoms with Crippen molar-refractivity contribution in [1.82, 2.24) is 19.5 Å². The molecule has 1 saturated heterocycles. The van der Waals surface area contributed by atoms with Crippen LogP contribution in [-0.4, -0.2) is 44.1 Å². The third-order valence-electron chi connectivity index (χ3n) is 11.6. The van der Waals surface area contributed by atoms with E-state index in [9.17, 15) is 0 Å². The predicted molar refractivity (Wildman–Crippen MR) is 216 cm³/mol. The number of fused-ring (bicyclic) bond motifs is 3. The van der Waals surface area contributed by atoms with Gasteiger partial charge in [-0.3, -0.25) is 0 Å². The van der Waals surface area contributed by atoms with E-state index < -0.39 is 28.7 Å². The number of nitrogen functional groups attached to an aromatic ring is 2. The molecule has 4 atom stereocenters. The second kappa shape index (κ2) is 14.0. The van der Waals surface area contributed by atoms with Gasteiger partial charge in [-0.05, 0) is 79.6 Å². The van der Waals surface area contributed by atoms with Crippen molar-refractivity contribution in [3.63, 3.8) is 0 Å². The lowest BCUT2D eigenvalue weighted by atomic mass is 9.76. The highest BCUT2D eigenvalue weighted by Gasteiger charge is 2.62. The first kappa shape index (κ1) is 36.3. The number of anilines is 2. The molecule has 0 unspecified atom stereocenters. The molecule has 0 radical (unpaired) electrons. The Morgan fingerprint density at radius 1 is 0.839 bits per heavy atom. The first-order valence-corrected chi connectivity index (χ1v) is 19.2. The van der Waals surface area contributed by atoms with Crippen molar-refractivity contribution in [2.24, 2.45) is 5.41 Å². The number of pyridine rings is 1. The third-order valence-corrected chi connectivity index (χ3v) is 11.9. The molecule has 0 spiro atoms. The summed E-state index contributed by atoms with van der Waals surface area (Å²) < 4.78 is 39.3. The van der Waals surface area contributed by atoms with Gasteiger partial charge in [-0.25, -0.2) is 19.3 Å². The third kappa shape index (κ3) is 6.17. The van der Waals surface area contributed by atoms with Crippen molar-refractivity contribution in [3.8, 4) is 0 Å². The van der Waals surface area contributed by atoms with Crippen LogP contribution in [0.5, 0.6) is 0 Å². The van der Waals surface area contributed by atoms with E-state index in [1.165, 1.54) is 12.4 Å². The van der Waals surface area contributed by atoms with Crippen LogP contribution in [0.4, 0.5) is 16.0 Å². The fourth-order valence-corrected chi connectivity index (χ4v) is 9.15. The van der Waals surface area contributed by atoms with Crippen LogP contribution in [0.15, 0.2) is 128 Å². The number of nitrogens with two attached hydrogens (primary N) is 2. The Balaban J connectivity index is 1.19. The second-order valence-corrected chi connectivity index (χ2v) is 15.8. The lowest BCUT2D eigenvalue weighted by molar-refractivity contribution is -0.179. The minimum Gasteiger partial charge on any atom is -0.383 e. The van der Waals surface area contributed by atoms with Crippen LogP contribution in [0, 0.1) is 11.2 Å². The summed E-state index contributed by atoms with van der Waals surface area (Å²) in [5.74, 6) is -0.730. The van der Waals surface area contributed by atoms with Crippen LogP contribution in [-0.2, 0) is 26.2 Å². The minimum atomic E-state index is -0.989. The van der Waals surface area contributed by atoms with Gasteiger partial charge in [0.1, 0.15) is 41.1 Å². The predicted octanol–water partition coefficient (Wildman–Crippen LogP) is 9.03.